The number of benzene rings is 2. The molecule has 3 heterocycles. The molecule has 0 radical (unpaired) electrons. The Morgan fingerprint density at radius 1 is 1.26 bits per heavy atom. The number of thiazole rings is 1. The van der Waals surface area contributed by atoms with Gasteiger partial charge in [0, 0.05) is 5.56 Å². The highest BCUT2D eigenvalue weighted by Crippen LogP contribution is 2.46. The van der Waals surface area contributed by atoms with Crippen LogP contribution in [0.1, 0.15) is 22.1 Å². The third-order valence-corrected chi connectivity index (χ3v) is 7.61. The lowest BCUT2D eigenvalue weighted by Crippen LogP contribution is -2.20. The third-order valence-electron chi connectivity index (χ3n) is 5.33. The van der Waals surface area contributed by atoms with Crippen molar-refractivity contribution in [1.82, 2.24) is 14.8 Å². The minimum Gasteiger partial charge on any atom is -0.493 e. The van der Waals surface area contributed by atoms with E-state index in [-0.39, 0.29) is 23.5 Å². The zero-order valence-corrected chi connectivity index (χ0v) is 20.0. The summed E-state index contributed by atoms with van der Waals surface area (Å²) in [6.07, 6.45) is 0. The van der Waals surface area contributed by atoms with Crippen LogP contribution in [0.2, 0.25) is 0 Å². The Balaban J connectivity index is 1.59. The van der Waals surface area contributed by atoms with Crippen LogP contribution in [0.3, 0.4) is 0 Å². The lowest BCUT2D eigenvalue weighted by Gasteiger charge is -2.18. The molecule has 2 aromatic heterocycles. The molecule has 5 rings (SSSR count). The number of aryl methyl sites for hydroxylation is 1. The van der Waals surface area contributed by atoms with Gasteiger partial charge in [0.15, 0.2) is 18.1 Å². The molecule has 0 spiro atoms. The highest BCUT2D eigenvalue weighted by Gasteiger charge is 2.32. The van der Waals surface area contributed by atoms with Crippen LogP contribution in [-0.4, -0.2) is 46.0 Å². The average molecular weight is 496 g/mol. The second-order valence-electron chi connectivity index (χ2n) is 7.63. The standard InChI is InChI=1S/C23H21N5O4S2/c1-12-20-21(13-7-8-15(16(9-13)31-2)32-10-18(24)29)33-11-19(30)26-22(20)28(27-12)23-25-14-5-3-4-6-17(14)34-23/h3-9,21H,10-11H2,1-2H3,(H2,24,29)(H,26,30)/t21-/m0/s1. The Bertz CT molecular complexity index is 1380. The molecular weight excluding hydrogens is 474 g/mol. The Hall–Kier alpha value is -3.57. The summed E-state index contributed by atoms with van der Waals surface area (Å²) < 4.78 is 13.7. The number of thioether (sulfide) groups is 1. The number of ether oxygens (including phenoxy) is 2. The van der Waals surface area contributed by atoms with Crippen LogP contribution in [0.15, 0.2) is 42.5 Å². The second-order valence-corrected chi connectivity index (χ2v) is 9.73. The fourth-order valence-corrected chi connectivity index (χ4v) is 5.95. The highest BCUT2D eigenvalue weighted by molar-refractivity contribution is 8.00. The van der Waals surface area contributed by atoms with Gasteiger partial charge >= 0.3 is 0 Å². The molecule has 2 aromatic carbocycles. The maximum atomic E-state index is 12.6. The number of hydrogen-bond donors (Lipinski definition) is 2. The van der Waals surface area contributed by atoms with Crippen LogP contribution >= 0.6 is 23.1 Å². The summed E-state index contributed by atoms with van der Waals surface area (Å²) in [7, 11) is 1.53. The number of carbonyl (C=O) groups is 2. The van der Waals surface area contributed by atoms with Gasteiger partial charge in [-0.3, -0.25) is 9.59 Å². The lowest BCUT2D eigenvalue weighted by molar-refractivity contribution is -0.120. The van der Waals surface area contributed by atoms with Gasteiger partial charge in [-0.15, -0.1) is 11.8 Å². The summed E-state index contributed by atoms with van der Waals surface area (Å²) in [5.41, 5.74) is 8.69. The van der Waals surface area contributed by atoms with Crippen LogP contribution in [0.4, 0.5) is 5.82 Å². The van der Waals surface area contributed by atoms with Gasteiger partial charge in [0.2, 0.25) is 11.0 Å². The fraction of sp³-hybridized carbons (Fsp3) is 0.217. The molecule has 11 heteroatoms. The molecule has 34 heavy (non-hydrogen) atoms. The van der Waals surface area contributed by atoms with E-state index in [4.69, 9.17) is 25.3 Å². The summed E-state index contributed by atoms with van der Waals surface area (Å²) in [6, 6.07) is 13.4. The zero-order chi connectivity index (χ0) is 23.8. The van der Waals surface area contributed by atoms with Gasteiger partial charge in [-0.1, -0.05) is 29.5 Å². The second kappa shape index (κ2) is 8.99. The van der Waals surface area contributed by atoms with E-state index in [1.807, 2.05) is 43.3 Å². The SMILES string of the molecule is COc1cc([C@@H]2SCC(=O)Nc3c2c(C)nn3-c2nc3ccccc3s2)ccc1OCC(N)=O. The summed E-state index contributed by atoms with van der Waals surface area (Å²) in [5, 5.41) is 8.28. The first-order valence-electron chi connectivity index (χ1n) is 10.4. The predicted molar refractivity (Wildman–Crippen MR) is 132 cm³/mol. The van der Waals surface area contributed by atoms with E-state index in [9.17, 15) is 9.59 Å². The summed E-state index contributed by atoms with van der Waals surface area (Å²) in [6.45, 7) is 1.68. The van der Waals surface area contributed by atoms with E-state index in [0.717, 1.165) is 27.0 Å². The van der Waals surface area contributed by atoms with Crippen LogP contribution < -0.4 is 20.5 Å². The van der Waals surface area contributed by atoms with Gasteiger partial charge in [-0.05, 0) is 36.8 Å². The molecule has 174 valence electrons. The van der Waals surface area contributed by atoms with Gasteiger partial charge in [-0.2, -0.15) is 9.78 Å². The van der Waals surface area contributed by atoms with E-state index in [1.165, 1.54) is 30.2 Å². The van der Waals surface area contributed by atoms with Crippen molar-refractivity contribution in [2.45, 2.75) is 12.2 Å². The molecule has 1 aliphatic rings. The number of methoxy groups -OCH3 is 1. The van der Waals surface area contributed by atoms with E-state index in [1.54, 1.807) is 10.7 Å². The van der Waals surface area contributed by atoms with Gasteiger partial charge in [0.1, 0.15) is 5.82 Å². The van der Waals surface area contributed by atoms with Crippen LogP contribution in [0.25, 0.3) is 15.3 Å². The van der Waals surface area contributed by atoms with Gasteiger partial charge in [0.05, 0.1) is 34.0 Å². The number of carbonyl (C=O) groups excluding carboxylic acids is 2. The lowest BCUT2D eigenvalue weighted by atomic mass is 10.0. The highest BCUT2D eigenvalue weighted by atomic mass is 32.2. The fourth-order valence-electron chi connectivity index (χ4n) is 3.85. The monoisotopic (exact) mass is 495 g/mol. The van der Waals surface area contributed by atoms with Crippen LogP contribution in [-0.2, 0) is 9.59 Å². The van der Waals surface area contributed by atoms with Crippen molar-refractivity contribution in [2.24, 2.45) is 5.73 Å². The minimum absolute atomic E-state index is 0.107. The Kier molecular flexibility index (Phi) is 5.88. The number of primary amides is 1. The number of amides is 2. The first kappa shape index (κ1) is 22.2. The Labute approximate surface area is 203 Å². The molecule has 2 amide bonds. The molecule has 0 saturated carbocycles. The summed E-state index contributed by atoms with van der Waals surface area (Å²) in [4.78, 5) is 28.5. The van der Waals surface area contributed by atoms with E-state index < -0.39 is 5.91 Å². The maximum Gasteiger partial charge on any atom is 0.255 e. The van der Waals surface area contributed by atoms with Crippen molar-refractivity contribution in [3.05, 3.63) is 59.3 Å². The minimum atomic E-state index is -0.572. The normalized spacial score (nSPS) is 15.5. The largest absolute Gasteiger partial charge is 0.493 e. The van der Waals surface area contributed by atoms with E-state index in [0.29, 0.717) is 22.4 Å². The predicted octanol–water partition coefficient (Wildman–Crippen LogP) is 3.44. The number of fused-ring (bicyclic) bond motifs is 2. The summed E-state index contributed by atoms with van der Waals surface area (Å²) in [5.74, 6) is 1.10. The number of anilines is 1. The number of nitrogens with one attached hydrogen (secondary N) is 1. The quantitative estimate of drug-likeness (QED) is 0.420. The number of hydrogen-bond acceptors (Lipinski definition) is 8. The molecule has 0 aliphatic carbocycles. The van der Waals surface area contributed by atoms with Crippen LogP contribution in [0, 0.1) is 6.92 Å². The first-order valence-corrected chi connectivity index (χ1v) is 12.3. The van der Waals surface area contributed by atoms with Crippen molar-refractivity contribution in [1.29, 1.82) is 0 Å². The Morgan fingerprint density at radius 2 is 2.09 bits per heavy atom. The molecule has 0 saturated heterocycles. The van der Waals surface area contributed by atoms with Crippen molar-refractivity contribution < 1.29 is 19.1 Å². The molecule has 0 bridgehead atoms. The van der Waals surface area contributed by atoms with Crippen LogP contribution in [0.5, 0.6) is 11.5 Å². The maximum absolute atomic E-state index is 12.6. The van der Waals surface area contributed by atoms with Gasteiger partial charge in [-0.25, -0.2) is 4.98 Å². The molecule has 1 aliphatic heterocycles. The van der Waals surface area contributed by atoms with Gasteiger partial charge < -0.3 is 20.5 Å². The number of nitrogens with two attached hydrogens (primary N) is 1. The Morgan fingerprint density at radius 3 is 2.85 bits per heavy atom. The van der Waals surface area contributed by atoms with Crippen molar-refractivity contribution in [3.63, 3.8) is 0 Å². The van der Waals surface area contributed by atoms with E-state index >= 15 is 0 Å². The number of aromatic nitrogens is 3. The van der Waals surface area contributed by atoms with Gasteiger partial charge in [0.25, 0.3) is 5.91 Å². The average Bonchev–Trinajstić information content (AvgIpc) is 3.33. The van der Waals surface area contributed by atoms with Crippen molar-refractivity contribution >= 4 is 50.9 Å². The van der Waals surface area contributed by atoms with E-state index in [2.05, 4.69) is 5.32 Å². The number of nitrogens with zero attached hydrogens (tertiary/aromatic N) is 3. The molecular formula is C23H21N5O4S2. The summed E-state index contributed by atoms with van der Waals surface area (Å²) >= 11 is 3.02. The number of para-hydroxylation sites is 1. The third kappa shape index (κ3) is 4.08. The zero-order valence-electron chi connectivity index (χ0n) is 18.4. The molecule has 9 nitrogen and oxygen atoms in total. The number of rotatable bonds is 6. The topological polar surface area (TPSA) is 121 Å². The van der Waals surface area contributed by atoms with Crippen molar-refractivity contribution in [2.75, 3.05) is 24.8 Å². The molecule has 4 aromatic rings. The molecule has 3 N–H and O–H groups in total. The first-order chi connectivity index (χ1) is 16.4. The smallest absolute Gasteiger partial charge is 0.255 e. The molecule has 0 unspecified atom stereocenters. The molecule has 0 fully saturated rings. The van der Waals surface area contributed by atoms with Crippen molar-refractivity contribution in [3.8, 4) is 16.6 Å². The molecule has 1 atom stereocenters.